The molecule has 0 rings (SSSR count). The lowest BCUT2D eigenvalue weighted by atomic mass is 10.1. The Morgan fingerprint density at radius 2 is 2.00 bits per heavy atom. The Morgan fingerprint density at radius 3 is 2.00 bits per heavy atom. The van der Waals surface area contributed by atoms with Crippen molar-refractivity contribution >= 4 is 12.9 Å². The molecule has 0 bridgehead atoms. The lowest BCUT2D eigenvalue weighted by Gasteiger charge is -2.17. The average Bonchev–Trinajstić information content (AvgIpc) is 1.68. The van der Waals surface area contributed by atoms with Gasteiger partial charge < -0.3 is 4.18 Å². The maximum absolute atomic E-state index is 4.78. The van der Waals surface area contributed by atoms with E-state index < -0.39 is 0 Å². The van der Waals surface area contributed by atoms with Crippen LogP contribution in [-0.4, -0.2) is 5.60 Å². The van der Waals surface area contributed by atoms with Crippen LogP contribution in [0.5, 0.6) is 0 Å². The van der Waals surface area contributed by atoms with Crippen molar-refractivity contribution in [3.8, 4) is 0 Å². The standard InChI is InChI=1S/C5H12OS/c1-4-5(2,3)6-7/h7H,4H2,1-3H3. The Hall–Kier alpha value is 0.310. The Balaban J connectivity index is 3.36. The van der Waals surface area contributed by atoms with Crippen LogP contribution in [0.3, 0.4) is 0 Å². The summed E-state index contributed by atoms with van der Waals surface area (Å²) in [5.41, 5.74) is -0.0525. The summed E-state index contributed by atoms with van der Waals surface area (Å²) in [7, 11) is 0. The molecule has 0 N–H and O–H groups in total. The van der Waals surface area contributed by atoms with E-state index in [1.165, 1.54) is 0 Å². The maximum Gasteiger partial charge on any atom is 0.0767 e. The third-order valence-electron chi connectivity index (χ3n) is 1.10. The molecule has 0 amide bonds. The van der Waals surface area contributed by atoms with Gasteiger partial charge >= 0.3 is 0 Å². The molecule has 44 valence electrons. The molecule has 7 heavy (non-hydrogen) atoms. The highest BCUT2D eigenvalue weighted by atomic mass is 32.1. The van der Waals surface area contributed by atoms with Crippen LogP contribution in [0.15, 0.2) is 0 Å². The Labute approximate surface area is 50.7 Å². The van der Waals surface area contributed by atoms with Gasteiger partial charge in [0.15, 0.2) is 0 Å². The highest BCUT2D eigenvalue weighted by Crippen LogP contribution is 2.13. The smallest absolute Gasteiger partial charge is 0.0767 e. The normalized spacial score (nSPS) is 12.0. The van der Waals surface area contributed by atoms with Crippen molar-refractivity contribution in [3.63, 3.8) is 0 Å². The first kappa shape index (κ1) is 7.31. The van der Waals surface area contributed by atoms with E-state index in [2.05, 4.69) is 19.8 Å². The Kier molecular flexibility index (Phi) is 2.69. The van der Waals surface area contributed by atoms with Crippen molar-refractivity contribution in [1.82, 2.24) is 0 Å². The zero-order valence-corrected chi connectivity index (χ0v) is 5.96. The van der Waals surface area contributed by atoms with Gasteiger partial charge in [-0.05, 0) is 33.2 Å². The highest BCUT2D eigenvalue weighted by Gasteiger charge is 2.12. The largest absolute Gasteiger partial charge is 0.313 e. The summed E-state index contributed by atoms with van der Waals surface area (Å²) in [5, 5.41) is 0. The van der Waals surface area contributed by atoms with Crippen LogP contribution in [-0.2, 0) is 4.18 Å². The van der Waals surface area contributed by atoms with E-state index >= 15 is 0 Å². The second-order valence-electron chi connectivity index (χ2n) is 2.20. The molecule has 0 aliphatic rings. The minimum absolute atomic E-state index is 0.0525. The van der Waals surface area contributed by atoms with Gasteiger partial charge in [0.1, 0.15) is 0 Å². The van der Waals surface area contributed by atoms with Gasteiger partial charge in [-0.2, -0.15) is 0 Å². The zero-order chi connectivity index (χ0) is 5.91. The van der Waals surface area contributed by atoms with E-state index in [4.69, 9.17) is 4.18 Å². The first-order valence-corrected chi connectivity index (χ1v) is 2.81. The second-order valence-corrected chi connectivity index (χ2v) is 2.39. The summed E-state index contributed by atoms with van der Waals surface area (Å²) < 4.78 is 4.78. The molecule has 0 aromatic carbocycles. The van der Waals surface area contributed by atoms with Crippen LogP contribution in [0.1, 0.15) is 27.2 Å². The second kappa shape index (κ2) is 2.58. The fraction of sp³-hybridized carbons (Fsp3) is 1.00. The molecule has 0 saturated heterocycles. The van der Waals surface area contributed by atoms with Crippen molar-refractivity contribution in [2.45, 2.75) is 32.8 Å². The van der Waals surface area contributed by atoms with Crippen LogP contribution in [0.4, 0.5) is 0 Å². The van der Waals surface area contributed by atoms with Crippen LogP contribution in [0.25, 0.3) is 0 Å². The van der Waals surface area contributed by atoms with E-state index in [1.807, 2.05) is 13.8 Å². The summed E-state index contributed by atoms with van der Waals surface area (Å²) >= 11 is 3.68. The summed E-state index contributed by atoms with van der Waals surface area (Å²) in [6.07, 6.45) is 0.997. The van der Waals surface area contributed by atoms with Crippen LogP contribution >= 0.6 is 12.9 Å². The molecule has 0 radical (unpaired) electrons. The first-order chi connectivity index (χ1) is 3.12. The van der Waals surface area contributed by atoms with E-state index in [-0.39, 0.29) is 5.60 Å². The first-order valence-electron chi connectivity index (χ1n) is 2.45. The van der Waals surface area contributed by atoms with E-state index in [9.17, 15) is 0 Å². The molecule has 0 saturated carbocycles. The Morgan fingerprint density at radius 1 is 1.57 bits per heavy atom. The third kappa shape index (κ3) is 2.94. The van der Waals surface area contributed by atoms with Crippen LogP contribution < -0.4 is 0 Å². The zero-order valence-electron chi connectivity index (χ0n) is 5.06. The molecule has 2 heteroatoms. The molecular formula is C5H12OS. The minimum atomic E-state index is -0.0525. The van der Waals surface area contributed by atoms with Crippen LogP contribution in [0, 0.1) is 0 Å². The van der Waals surface area contributed by atoms with Gasteiger partial charge in [-0.25, -0.2) is 0 Å². The van der Waals surface area contributed by atoms with Crippen LogP contribution in [0.2, 0.25) is 0 Å². The van der Waals surface area contributed by atoms with Gasteiger partial charge in [0.25, 0.3) is 0 Å². The lowest BCUT2D eigenvalue weighted by molar-refractivity contribution is 0.140. The van der Waals surface area contributed by atoms with Crippen molar-refractivity contribution in [2.24, 2.45) is 0 Å². The number of thiol groups is 1. The van der Waals surface area contributed by atoms with E-state index in [0.29, 0.717) is 0 Å². The summed E-state index contributed by atoms with van der Waals surface area (Å²) in [6.45, 7) is 6.07. The summed E-state index contributed by atoms with van der Waals surface area (Å²) in [4.78, 5) is 0. The molecule has 0 aliphatic heterocycles. The quantitative estimate of drug-likeness (QED) is 0.433. The number of rotatable bonds is 2. The SMILES string of the molecule is CCC(C)(C)OS. The average molecular weight is 120 g/mol. The van der Waals surface area contributed by atoms with Gasteiger partial charge in [0.05, 0.1) is 5.60 Å². The van der Waals surface area contributed by atoms with Gasteiger partial charge in [-0.15, -0.1) is 0 Å². The van der Waals surface area contributed by atoms with Crippen molar-refractivity contribution in [2.75, 3.05) is 0 Å². The third-order valence-corrected chi connectivity index (χ3v) is 1.59. The molecule has 0 atom stereocenters. The van der Waals surface area contributed by atoms with Crippen molar-refractivity contribution in [3.05, 3.63) is 0 Å². The van der Waals surface area contributed by atoms with Gasteiger partial charge in [-0.1, -0.05) is 6.92 Å². The molecule has 0 aromatic rings. The monoisotopic (exact) mass is 120 g/mol. The molecular weight excluding hydrogens is 108 g/mol. The molecule has 0 aliphatic carbocycles. The number of hydrogen-bond acceptors (Lipinski definition) is 2. The van der Waals surface area contributed by atoms with Gasteiger partial charge in [0.2, 0.25) is 0 Å². The van der Waals surface area contributed by atoms with Crippen molar-refractivity contribution < 1.29 is 4.18 Å². The molecule has 0 heterocycles. The fourth-order valence-electron chi connectivity index (χ4n) is 0.0645. The van der Waals surface area contributed by atoms with Gasteiger partial charge in [-0.3, -0.25) is 0 Å². The van der Waals surface area contributed by atoms with Crippen molar-refractivity contribution in [1.29, 1.82) is 0 Å². The molecule has 1 nitrogen and oxygen atoms in total. The predicted octanol–water partition coefficient (Wildman–Crippen LogP) is 2.04. The topological polar surface area (TPSA) is 9.23 Å². The molecule has 0 spiro atoms. The van der Waals surface area contributed by atoms with E-state index in [1.54, 1.807) is 0 Å². The Bertz CT molecular complexity index is 46.0. The van der Waals surface area contributed by atoms with Gasteiger partial charge in [0, 0.05) is 0 Å². The molecule has 0 aromatic heterocycles. The number of hydrogen-bond donors (Lipinski definition) is 1. The minimum Gasteiger partial charge on any atom is -0.313 e. The predicted molar refractivity (Wildman–Crippen MR) is 34.4 cm³/mol. The lowest BCUT2D eigenvalue weighted by Crippen LogP contribution is -2.17. The molecule has 0 fully saturated rings. The highest BCUT2D eigenvalue weighted by molar-refractivity contribution is 7.75. The summed E-state index contributed by atoms with van der Waals surface area (Å²) in [6, 6.07) is 0. The fourth-order valence-corrected chi connectivity index (χ4v) is 0.194. The molecule has 0 unspecified atom stereocenters. The van der Waals surface area contributed by atoms with E-state index in [0.717, 1.165) is 6.42 Å². The maximum atomic E-state index is 4.78. The summed E-state index contributed by atoms with van der Waals surface area (Å²) in [5.74, 6) is 0.